The number of H-pyrrole nitrogens is 1. The van der Waals surface area contributed by atoms with Crippen molar-refractivity contribution >= 4 is 22.5 Å². The minimum absolute atomic E-state index is 0.136. The summed E-state index contributed by atoms with van der Waals surface area (Å²) in [5, 5.41) is 18.6. The fraction of sp³-hybridized carbons (Fsp3) is 0.312. The van der Waals surface area contributed by atoms with Crippen molar-refractivity contribution in [3.63, 3.8) is 0 Å². The van der Waals surface area contributed by atoms with Crippen molar-refractivity contribution in [2.45, 2.75) is 37.9 Å². The Bertz CT molecular complexity index is 1850. The first-order valence-electron chi connectivity index (χ1n) is 14.5. The van der Waals surface area contributed by atoms with Crippen LogP contribution in [0.2, 0.25) is 0 Å². The molecule has 5 aromatic rings. The van der Waals surface area contributed by atoms with Crippen molar-refractivity contribution in [2.75, 3.05) is 29.9 Å². The highest BCUT2D eigenvalue weighted by atomic mass is 19.1. The lowest BCUT2D eigenvalue weighted by Crippen LogP contribution is -2.68. The standard InChI is InChI=1S/C32H30FN9/c1-40-15-23(14-38-40)28-10-27-30(22(11-34)13-37-32(27)39-28)20-4-5-29(36-12-20)41-17-25-9-26(18-41)42(25)16-21-8-24(33)7-19-3-2-6-35-31(19)21/h4-5,7-8,10,12-15,25-26,35H,2-3,6,9,16-18H2,1H3,(H,37,39). The van der Waals surface area contributed by atoms with E-state index in [0.717, 1.165) is 101 Å². The first kappa shape index (κ1) is 25.0. The van der Waals surface area contributed by atoms with Crippen LogP contribution in [0.4, 0.5) is 15.9 Å². The molecule has 4 aromatic heterocycles. The molecule has 0 spiro atoms. The van der Waals surface area contributed by atoms with Crippen LogP contribution in [0, 0.1) is 17.1 Å². The Morgan fingerprint density at radius 1 is 1.07 bits per heavy atom. The quantitative estimate of drug-likeness (QED) is 0.317. The van der Waals surface area contributed by atoms with E-state index in [1.54, 1.807) is 29.2 Å². The third-order valence-corrected chi connectivity index (χ3v) is 9.04. The molecule has 2 N–H and O–H groups in total. The summed E-state index contributed by atoms with van der Waals surface area (Å²) in [6, 6.07) is 12.7. The summed E-state index contributed by atoms with van der Waals surface area (Å²) < 4.78 is 16.1. The van der Waals surface area contributed by atoms with Gasteiger partial charge in [0.05, 0.1) is 17.5 Å². The molecule has 10 heteroatoms. The summed E-state index contributed by atoms with van der Waals surface area (Å²) in [6.07, 6.45) is 10.4. The number of rotatable bonds is 5. The molecule has 2 bridgehead atoms. The zero-order chi connectivity index (χ0) is 28.4. The Morgan fingerprint density at radius 3 is 2.71 bits per heavy atom. The molecular formula is C32H30FN9. The minimum Gasteiger partial charge on any atom is -0.385 e. The fourth-order valence-corrected chi connectivity index (χ4v) is 7.00. The zero-order valence-corrected chi connectivity index (χ0v) is 23.3. The summed E-state index contributed by atoms with van der Waals surface area (Å²) in [5.74, 6) is 0.801. The molecule has 4 aliphatic rings. The van der Waals surface area contributed by atoms with E-state index in [2.05, 4.69) is 48.4 Å². The fourth-order valence-electron chi connectivity index (χ4n) is 7.00. The predicted molar refractivity (Wildman–Crippen MR) is 159 cm³/mol. The number of aromatic amines is 1. The van der Waals surface area contributed by atoms with Crippen LogP contribution in [0.15, 0.2) is 55.1 Å². The van der Waals surface area contributed by atoms with Crippen LogP contribution in [0.25, 0.3) is 33.4 Å². The normalized spacial score (nSPS) is 19.7. The largest absolute Gasteiger partial charge is 0.385 e. The lowest BCUT2D eigenvalue weighted by atomic mass is 9.86. The molecule has 0 saturated carbocycles. The van der Waals surface area contributed by atoms with Crippen molar-refractivity contribution in [1.82, 2.24) is 29.6 Å². The maximum Gasteiger partial charge on any atom is 0.138 e. The molecule has 3 fully saturated rings. The van der Waals surface area contributed by atoms with Gasteiger partial charge in [-0.2, -0.15) is 10.4 Å². The number of nitrogens with zero attached hydrogens (tertiary/aromatic N) is 7. The van der Waals surface area contributed by atoms with Crippen LogP contribution >= 0.6 is 0 Å². The molecule has 2 atom stereocenters. The number of hydrogen-bond donors (Lipinski definition) is 2. The van der Waals surface area contributed by atoms with E-state index in [-0.39, 0.29) is 5.82 Å². The first-order chi connectivity index (χ1) is 20.5. The molecule has 9 nitrogen and oxygen atoms in total. The number of benzene rings is 1. The molecule has 0 aliphatic carbocycles. The Hall–Kier alpha value is -4.75. The van der Waals surface area contributed by atoms with Gasteiger partial charge >= 0.3 is 0 Å². The smallest absolute Gasteiger partial charge is 0.138 e. The van der Waals surface area contributed by atoms with E-state index in [9.17, 15) is 9.65 Å². The third-order valence-electron chi connectivity index (χ3n) is 9.04. The van der Waals surface area contributed by atoms with E-state index in [0.29, 0.717) is 17.6 Å². The van der Waals surface area contributed by atoms with Crippen LogP contribution in [-0.4, -0.2) is 61.4 Å². The van der Waals surface area contributed by atoms with Crippen molar-refractivity contribution in [1.29, 1.82) is 5.26 Å². The summed E-state index contributed by atoms with van der Waals surface area (Å²) in [4.78, 5) is 17.6. The van der Waals surface area contributed by atoms with Gasteiger partial charge in [0.1, 0.15) is 23.4 Å². The Morgan fingerprint density at radius 2 is 1.95 bits per heavy atom. The number of hydrogen-bond acceptors (Lipinski definition) is 7. The van der Waals surface area contributed by atoms with Crippen molar-refractivity contribution in [3.8, 4) is 28.5 Å². The number of halogens is 1. The van der Waals surface area contributed by atoms with E-state index < -0.39 is 0 Å². The highest BCUT2D eigenvalue weighted by molar-refractivity contribution is 5.98. The second-order valence-corrected chi connectivity index (χ2v) is 11.7. The number of nitrogens with one attached hydrogen (secondary N) is 2. The number of nitriles is 1. The van der Waals surface area contributed by atoms with Crippen LogP contribution in [0.1, 0.15) is 29.5 Å². The third kappa shape index (κ3) is 4.11. The van der Waals surface area contributed by atoms with Crippen LogP contribution in [0.3, 0.4) is 0 Å². The van der Waals surface area contributed by atoms with E-state index in [1.807, 2.05) is 25.5 Å². The average Bonchev–Trinajstić information content (AvgIpc) is 3.65. The monoisotopic (exact) mass is 559 g/mol. The van der Waals surface area contributed by atoms with Gasteiger partial charge in [0, 0.05) is 91.7 Å². The molecule has 8 heterocycles. The number of piperazine rings is 1. The Labute approximate surface area is 242 Å². The van der Waals surface area contributed by atoms with Gasteiger partial charge in [0.15, 0.2) is 0 Å². The molecule has 2 unspecified atom stereocenters. The zero-order valence-electron chi connectivity index (χ0n) is 23.3. The van der Waals surface area contributed by atoms with Gasteiger partial charge in [-0.25, -0.2) is 14.4 Å². The van der Waals surface area contributed by atoms with Gasteiger partial charge in [-0.1, -0.05) is 0 Å². The minimum atomic E-state index is -0.136. The molecule has 9 rings (SSSR count). The number of aromatic nitrogens is 5. The van der Waals surface area contributed by atoms with Crippen LogP contribution in [0.5, 0.6) is 0 Å². The average molecular weight is 560 g/mol. The van der Waals surface area contributed by atoms with Gasteiger partial charge < -0.3 is 15.2 Å². The summed E-state index contributed by atoms with van der Waals surface area (Å²) in [7, 11) is 1.88. The maximum absolute atomic E-state index is 14.4. The molecule has 3 saturated heterocycles. The molecule has 4 aliphatic heterocycles. The lowest BCUT2D eigenvalue weighted by Gasteiger charge is -2.57. The number of piperidine rings is 1. The highest BCUT2D eigenvalue weighted by Crippen LogP contribution is 2.39. The van der Waals surface area contributed by atoms with E-state index in [1.165, 1.54) is 0 Å². The van der Waals surface area contributed by atoms with Crippen molar-refractivity contribution in [3.05, 3.63) is 77.6 Å². The summed E-state index contributed by atoms with van der Waals surface area (Å²) in [6.45, 7) is 3.51. The predicted octanol–water partition coefficient (Wildman–Crippen LogP) is 4.86. The second kappa shape index (κ2) is 9.67. The second-order valence-electron chi connectivity index (χ2n) is 11.7. The molecule has 210 valence electrons. The van der Waals surface area contributed by atoms with Gasteiger partial charge in [-0.15, -0.1) is 0 Å². The molecule has 1 aromatic carbocycles. The Balaban J connectivity index is 1.03. The van der Waals surface area contributed by atoms with Crippen LogP contribution in [-0.2, 0) is 20.0 Å². The Kier molecular flexibility index (Phi) is 5.76. The lowest BCUT2D eigenvalue weighted by molar-refractivity contribution is -0.00860. The number of fused-ring (bicyclic) bond motifs is 4. The molecule has 0 radical (unpaired) electrons. The van der Waals surface area contributed by atoms with Gasteiger partial charge in [0.25, 0.3) is 0 Å². The van der Waals surface area contributed by atoms with E-state index in [4.69, 9.17) is 4.98 Å². The molecule has 42 heavy (non-hydrogen) atoms. The first-order valence-corrected chi connectivity index (χ1v) is 14.5. The van der Waals surface area contributed by atoms with E-state index >= 15 is 0 Å². The van der Waals surface area contributed by atoms with Crippen molar-refractivity contribution in [2.24, 2.45) is 7.05 Å². The summed E-state index contributed by atoms with van der Waals surface area (Å²) in [5.41, 5.74) is 8.11. The maximum atomic E-state index is 14.4. The van der Waals surface area contributed by atoms with Gasteiger partial charge in [-0.05, 0) is 60.7 Å². The summed E-state index contributed by atoms with van der Waals surface area (Å²) >= 11 is 0. The molecular weight excluding hydrogens is 529 g/mol. The number of anilines is 2. The highest BCUT2D eigenvalue weighted by Gasteiger charge is 2.45. The number of pyridine rings is 2. The van der Waals surface area contributed by atoms with Gasteiger partial charge in [-0.3, -0.25) is 9.58 Å². The topological polar surface area (TPSA) is 102 Å². The van der Waals surface area contributed by atoms with Gasteiger partial charge in [0.2, 0.25) is 0 Å². The SMILES string of the molecule is Cn1cc(-c2cc3c(-c4ccc(N5CC6CC(C5)N6Cc5cc(F)cc6c5NCCC6)nc4)c(C#N)cnc3[nH]2)cn1. The van der Waals surface area contributed by atoms with Crippen molar-refractivity contribution < 1.29 is 4.39 Å². The van der Waals surface area contributed by atoms with Crippen LogP contribution < -0.4 is 10.2 Å². The molecule has 0 amide bonds. The number of aryl methyl sites for hydroxylation is 2.